The number of carbonyl (C=O) groups is 1. The van der Waals surface area contributed by atoms with Gasteiger partial charge in [0.05, 0.1) is 0 Å². The lowest BCUT2D eigenvalue weighted by Gasteiger charge is -2.18. The number of hydrogen-bond donors (Lipinski definition) is 2. The van der Waals surface area contributed by atoms with Crippen molar-refractivity contribution in [1.29, 1.82) is 0 Å². The number of hydrogen-bond acceptors (Lipinski definition) is 3. The summed E-state index contributed by atoms with van der Waals surface area (Å²) in [4.78, 5) is 12.0. The molecule has 0 aliphatic rings. The van der Waals surface area contributed by atoms with Crippen LogP contribution in [-0.4, -0.2) is 25.7 Å². The Morgan fingerprint density at radius 1 is 1.29 bits per heavy atom. The first-order chi connectivity index (χ1) is 10.2. The molecule has 1 amide bonds. The fraction of sp³-hybridized carbons (Fsp3) is 0.588. The summed E-state index contributed by atoms with van der Waals surface area (Å²) in [5.41, 5.74) is 2.03. The lowest BCUT2D eigenvalue weighted by Crippen LogP contribution is -2.21. The first kappa shape index (κ1) is 17.7. The van der Waals surface area contributed by atoms with Gasteiger partial charge in [0.25, 0.3) is 0 Å². The summed E-state index contributed by atoms with van der Waals surface area (Å²) in [6.07, 6.45) is 2.34. The smallest absolute Gasteiger partial charge is 0.224 e. The van der Waals surface area contributed by atoms with Crippen molar-refractivity contribution in [2.45, 2.75) is 46.1 Å². The molecule has 4 nitrogen and oxygen atoms in total. The highest BCUT2D eigenvalue weighted by molar-refractivity contribution is 5.91. The fourth-order valence-electron chi connectivity index (χ4n) is 2.15. The number of benzene rings is 1. The van der Waals surface area contributed by atoms with E-state index in [0.717, 1.165) is 30.6 Å². The minimum Gasteiger partial charge on any atom is -0.382 e. The molecule has 1 atom stereocenters. The molecular weight excluding hydrogens is 264 g/mol. The number of anilines is 1. The van der Waals surface area contributed by atoms with Crippen molar-refractivity contribution in [1.82, 2.24) is 5.32 Å². The number of rotatable bonds is 10. The molecule has 21 heavy (non-hydrogen) atoms. The fourth-order valence-corrected chi connectivity index (χ4v) is 2.15. The maximum absolute atomic E-state index is 12.0. The summed E-state index contributed by atoms with van der Waals surface area (Å²) >= 11 is 0. The predicted molar refractivity (Wildman–Crippen MR) is 87.5 cm³/mol. The van der Waals surface area contributed by atoms with Gasteiger partial charge in [0.1, 0.15) is 0 Å². The molecule has 0 saturated heterocycles. The highest BCUT2D eigenvalue weighted by atomic mass is 16.5. The maximum Gasteiger partial charge on any atom is 0.224 e. The van der Waals surface area contributed by atoms with E-state index in [-0.39, 0.29) is 11.9 Å². The van der Waals surface area contributed by atoms with E-state index in [1.165, 1.54) is 0 Å². The second kappa shape index (κ2) is 10.4. The standard InChI is InChI=1S/C17H28N2O2/c1-4-12-18-14(3)15-9-6-7-10-16(15)19-17(20)11-8-13-21-5-2/h6-7,9-10,14,18H,4-5,8,11-13H2,1-3H3,(H,19,20). The number of ether oxygens (including phenoxy) is 1. The topological polar surface area (TPSA) is 50.4 Å². The average molecular weight is 292 g/mol. The number of nitrogens with one attached hydrogen (secondary N) is 2. The van der Waals surface area contributed by atoms with Crippen molar-refractivity contribution < 1.29 is 9.53 Å². The molecule has 1 aromatic carbocycles. The molecule has 0 aliphatic heterocycles. The van der Waals surface area contributed by atoms with Crippen molar-refractivity contribution in [2.75, 3.05) is 25.1 Å². The van der Waals surface area contributed by atoms with Gasteiger partial charge in [-0.2, -0.15) is 0 Å². The normalized spacial score (nSPS) is 12.1. The number of para-hydroxylation sites is 1. The molecule has 4 heteroatoms. The van der Waals surface area contributed by atoms with Gasteiger partial charge < -0.3 is 15.4 Å². The van der Waals surface area contributed by atoms with Gasteiger partial charge in [-0.3, -0.25) is 4.79 Å². The molecule has 0 heterocycles. The molecule has 0 radical (unpaired) electrons. The molecule has 2 N–H and O–H groups in total. The first-order valence-electron chi connectivity index (χ1n) is 7.88. The zero-order valence-corrected chi connectivity index (χ0v) is 13.4. The third kappa shape index (κ3) is 6.74. The van der Waals surface area contributed by atoms with Gasteiger partial charge in [0, 0.05) is 31.4 Å². The van der Waals surface area contributed by atoms with Crippen LogP contribution in [0.4, 0.5) is 5.69 Å². The molecule has 1 aromatic rings. The monoisotopic (exact) mass is 292 g/mol. The van der Waals surface area contributed by atoms with Crippen molar-refractivity contribution >= 4 is 11.6 Å². The lowest BCUT2D eigenvalue weighted by atomic mass is 10.1. The molecule has 0 spiro atoms. The lowest BCUT2D eigenvalue weighted by molar-refractivity contribution is -0.116. The molecule has 0 aromatic heterocycles. The van der Waals surface area contributed by atoms with Crippen molar-refractivity contribution in [2.24, 2.45) is 0 Å². The Bertz CT molecular complexity index is 421. The molecule has 0 saturated carbocycles. The Morgan fingerprint density at radius 3 is 2.76 bits per heavy atom. The van der Waals surface area contributed by atoms with Crippen molar-refractivity contribution in [3.05, 3.63) is 29.8 Å². The summed E-state index contributed by atoms with van der Waals surface area (Å²) in [6, 6.07) is 8.20. The van der Waals surface area contributed by atoms with E-state index in [2.05, 4.69) is 30.5 Å². The minimum absolute atomic E-state index is 0.0462. The SMILES string of the molecule is CCCNC(C)c1ccccc1NC(=O)CCCOCC. The van der Waals surface area contributed by atoms with Gasteiger partial charge in [-0.25, -0.2) is 0 Å². The summed E-state index contributed by atoms with van der Waals surface area (Å²) in [7, 11) is 0. The quantitative estimate of drug-likeness (QED) is 0.649. The van der Waals surface area contributed by atoms with Crippen molar-refractivity contribution in [3.8, 4) is 0 Å². The van der Waals surface area contributed by atoms with Crippen LogP contribution in [0.15, 0.2) is 24.3 Å². The van der Waals surface area contributed by atoms with E-state index < -0.39 is 0 Å². The minimum atomic E-state index is 0.0462. The van der Waals surface area contributed by atoms with Crippen LogP contribution in [0.3, 0.4) is 0 Å². The van der Waals surface area contributed by atoms with E-state index in [9.17, 15) is 4.79 Å². The van der Waals surface area contributed by atoms with Crippen LogP contribution >= 0.6 is 0 Å². The highest BCUT2D eigenvalue weighted by Crippen LogP contribution is 2.22. The van der Waals surface area contributed by atoms with Crippen molar-refractivity contribution in [3.63, 3.8) is 0 Å². The predicted octanol–water partition coefficient (Wildman–Crippen LogP) is 3.50. The molecule has 0 fully saturated rings. The molecular formula is C17H28N2O2. The first-order valence-corrected chi connectivity index (χ1v) is 7.88. The third-order valence-corrected chi connectivity index (χ3v) is 3.30. The highest BCUT2D eigenvalue weighted by Gasteiger charge is 2.11. The second-order valence-corrected chi connectivity index (χ2v) is 5.11. The Kier molecular flexibility index (Phi) is 8.71. The zero-order valence-electron chi connectivity index (χ0n) is 13.4. The van der Waals surface area contributed by atoms with E-state index in [0.29, 0.717) is 19.6 Å². The van der Waals surface area contributed by atoms with E-state index in [4.69, 9.17) is 4.74 Å². The number of carbonyl (C=O) groups excluding carboxylic acids is 1. The molecule has 1 rings (SSSR count). The Hall–Kier alpha value is -1.39. The molecule has 0 aliphatic carbocycles. The largest absolute Gasteiger partial charge is 0.382 e. The van der Waals surface area contributed by atoms with E-state index in [1.807, 2.05) is 25.1 Å². The van der Waals surface area contributed by atoms with Gasteiger partial charge in [-0.1, -0.05) is 25.1 Å². The summed E-state index contributed by atoms with van der Waals surface area (Å²) in [5.74, 6) is 0.0462. The Balaban J connectivity index is 2.55. The summed E-state index contributed by atoms with van der Waals surface area (Å²) in [6.45, 7) is 8.53. The van der Waals surface area contributed by atoms with Crippen LogP contribution in [0.2, 0.25) is 0 Å². The maximum atomic E-state index is 12.0. The molecule has 118 valence electrons. The number of amides is 1. The van der Waals surface area contributed by atoms with Crippen LogP contribution < -0.4 is 10.6 Å². The zero-order chi connectivity index (χ0) is 15.5. The average Bonchev–Trinajstić information content (AvgIpc) is 2.50. The summed E-state index contributed by atoms with van der Waals surface area (Å²) in [5, 5.41) is 6.46. The van der Waals surface area contributed by atoms with Gasteiger partial charge >= 0.3 is 0 Å². The van der Waals surface area contributed by atoms with Gasteiger partial charge in [-0.05, 0) is 44.9 Å². The third-order valence-electron chi connectivity index (χ3n) is 3.30. The van der Waals surface area contributed by atoms with Crippen LogP contribution in [0.25, 0.3) is 0 Å². The van der Waals surface area contributed by atoms with Crippen LogP contribution in [0, 0.1) is 0 Å². The second-order valence-electron chi connectivity index (χ2n) is 5.11. The van der Waals surface area contributed by atoms with Gasteiger partial charge in [0.15, 0.2) is 0 Å². The summed E-state index contributed by atoms with van der Waals surface area (Å²) < 4.78 is 5.25. The van der Waals surface area contributed by atoms with Gasteiger partial charge in [-0.15, -0.1) is 0 Å². The Labute approximate surface area is 128 Å². The van der Waals surface area contributed by atoms with Crippen LogP contribution in [0.5, 0.6) is 0 Å². The van der Waals surface area contributed by atoms with Gasteiger partial charge in [0.2, 0.25) is 5.91 Å². The van der Waals surface area contributed by atoms with E-state index in [1.54, 1.807) is 0 Å². The van der Waals surface area contributed by atoms with E-state index >= 15 is 0 Å². The van der Waals surface area contributed by atoms with Crippen LogP contribution in [-0.2, 0) is 9.53 Å². The Morgan fingerprint density at radius 2 is 2.05 bits per heavy atom. The van der Waals surface area contributed by atoms with Crippen LogP contribution in [0.1, 0.15) is 51.6 Å². The molecule has 0 bridgehead atoms. The molecule has 1 unspecified atom stereocenters.